The number of methoxy groups -OCH3 is 1. The smallest absolute Gasteiger partial charge is 0.226 e. The van der Waals surface area contributed by atoms with Gasteiger partial charge in [-0.1, -0.05) is 22.9 Å². The maximum Gasteiger partial charge on any atom is 0.226 e. The van der Waals surface area contributed by atoms with Gasteiger partial charge >= 0.3 is 0 Å². The number of ether oxygens (including phenoxy) is 1. The maximum atomic E-state index is 5.90. The standard InChI is InChI=1S/C19H19N3O3/c1-13-3-5-15(6-4-13)19-21-16(11-24-19)12-25-22-18(20)14-7-9-17(23-2)10-8-14/h3-11H,12H2,1-2H3,(H2,20,22). The van der Waals surface area contributed by atoms with Crippen LogP contribution in [0.2, 0.25) is 0 Å². The van der Waals surface area contributed by atoms with Crippen LogP contribution in [-0.2, 0) is 11.4 Å². The molecule has 0 aliphatic carbocycles. The molecule has 0 aliphatic heterocycles. The number of oxazole rings is 1. The van der Waals surface area contributed by atoms with Gasteiger partial charge in [-0.2, -0.15) is 0 Å². The predicted molar refractivity (Wildman–Crippen MR) is 95.2 cm³/mol. The number of amidine groups is 1. The fourth-order valence-electron chi connectivity index (χ4n) is 2.18. The van der Waals surface area contributed by atoms with Crippen LogP contribution in [0.1, 0.15) is 16.8 Å². The summed E-state index contributed by atoms with van der Waals surface area (Å²) < 4.78 is 10.6. The number of hydrogen-bond donors (Lipinski definition) is 1. The van der Waals surface area contributed by atoms with Crippen molar-refractivity contribution in [3.05, 3.63) is 71.6 Å². The maximum absolute atomic E-state index is 5.90. The quantitative estimate of drug-likeness (QED) is 0.423. The molecule has 0 saturated carbocycles. The van der Waals surface area contributed by atoms with Crippen LogP contribution < -0.4 is 10.5 Å². The number of aromatic nitrogens is 1. The third kappa shape index (κ3) is 4.17. The Kier molecular flexibility index (Phi) is 4.99. The van der Waals surface area contributed by atoms with Gasteiger partial charge in [0.15, 0.2) is 12.4 Å². The van der Waals surface area contributed by atoms with Crippen LogP contribution in [0.3, 0.4) is 0 Å². The number of nitrogens with zero attached hydrogens (tertiary/aromatic N) is 2. The first-order valence-electron chi connectivity index (χ1n) is 7.77. The summed E-state index contributed by atoms with van der Waals surface area (Å²) in [5, 5.41) is 3.91. The topological polar surface area (TPSA) is 82.9 Å². The van der Waals surface area contributed by atoms with Crippen molar-refractivity contribution in [2.75, 3.05) is 7.11 Å². The summed E-state index contributed by atoms with van der Waals surface area (Å²) in [4.78, 5) is 9.65. The molecule has 0 aliphatic rings. The molecule has 128 valence electrons. The summed E-state index contributed by atoms with van der Waals surface area (Å²) in [6, 6.07) is 15.2. The van der Waals surface area contributed by atoms with Crippen LogP contribution in [0.25, 0.3) is 11.5 Å². The number of benzene rings is 2. The van der Waals surface area contributed by atoms with E-state index in [4.69, 9.17) is 19.7 Å². The Hall–Kier alpha value is -3.28. The summed E-state index contributed by atoms with van der Waals surface area (Å²) in [7, 11) is 1.61. The summed E-state index contributed by atoms with van der Waals surface area (Å²) in [5.74, 6) is 1.58. The van der Waals surface area contributed by atoms with Crippen molar-refractivity contribution in [2.45, 2.75) is 13.5 Å². The van der Waals surface area contributed by atoms with Crippen molar-refractivity contribution in [2.24, 2.45) is 10.9 Å². The van der Waals surface area contributed by atoms with Crippen LogP contribution in [0.5, 0.6) is 5.75 Å². The van der Waals surface area contributed by atoms with Crippen molar-refractivity contribution >= 4 is 5.84 Å². The molecule has 6 nitrogen and oxygen atoms in total. The number of oxime groups is 1. The fraction of sp³-hybridized carbons (Fsp3) is 0.158. The Labute approximate surface area is 145 Å². The number of aryl methyl sites for hydroxylation is 1. The number of hydrogen-bond acceptors (Lipinski definition) is 5. The molecule has 2 N–H and O–H groups in total. The van der Waals surface area contributed by atoms with Gasteiger partial charge in [-0.25, -0.2) is 4.98 Å². The fourth-order valence-corrected chi connectivity index (χ4v) is 2.18. The van der Waals surface area contributed by atoms with E-state index in [2.05, 4.69) is 10.1 Å². The Bertz CT molecular complexity index is 852. The largest absolute Gasteiger partial charge is 0.497 e. The van der Waals surface area contributed by atoms with Gasteiger partial charge in [0.1, 0.15) is 17.7 Å². The van der Waals surface area contributed by atoms with E-state index in [0.29, 0.717) is 11.6 Å². The third-order valence-corrected chi connectivity index (χ3v) is 3.61. The van der Waals surface area contributed by atoms with Crippen LogP contribution in [-0.4, -0.2) is 17.9 Å². The molecule has 1 aromatic heterocycles. The monoisotopic (exact) mass is 337 g/mol. The van der Waals surface area contributed by atoms with Gasteiger partial charge in [0, 0.05) is 11.1 Å². The van der Waals surface area contributed by atoms with E-state index in [1.807, 2.05) is 55.5 Å². The zero-order chi connectivity index (χ0) is 17.6. The minimum absolute atomic E-state index is 0.173. The molecule has 0 saturated heterocycles. The minimum Gasteiger partial charge on any atom is -0.497 e. The molecule has 1 heterocycles. The Morgan fingerprint density at radius 3 is 2.52 bits per heavy atom. The second-order valence-electron chi connectivity index (χ2n) is 5.49. The lowest BCUT2D eigenvalue weighted by Crippen LogP contribution is -2.13. The lowest BCUT2D eigenvalue weighted by atomic mass is 10.1. The first-order chi connectivity index (χ1) is 12.2. The van der Waals surface area contributed by atoms with Gasteiger partial charge in [0.05, 0.1) is 7.11 Å². The summed E-state index contributed by atoms with van der Waals surface area (Å²) in [6.07, 6.45) is 1.55. The molecule has 0 radical (unpaired) electrons. The van der Waals surface area contributed by atoms with Gasteiger partial charge in [-0.3, -0.25) is 0 Å². The molecule has 25 heavy (non-hydrogen) atoms. The average molecular weight is 337 g/mol. The highest BCUT2D eigenvalue weighted by Gasteiger charge is 2.07. The first-order valence-corrected chi connectivity index (χ1v) is 7.77. The van der Waals surface area contributed by atoms with Gasteiger partial charge in [-0.05, 0) is 43.3 Å². The lowest BCUT2D eigenvalue weighted by Gasteiger charge is -2.03. The van der Waals surface area contributed by atoms with E-state index in [1.165, 1.54) is 5.56 Å². The summed E-state index contributed by atoms with van der Waals surface area (Å²) >= 11 is 0. The van der Waals surface area contributed by atoms with Crippen LogP contribution >= 0.6 is 0 Å². The lowest BCUT2D eigenvalue weighted by molar-refractivity contribution is 0.127. The number of nitrogens with two attached hydrogens (primary N) is 1. The molecule has 2 aromatic carbocycles. The van der Waals surface area contributed by atoms with Gasteiger partial charge < -0.3 is 19.7 Å². The number of rotatable bonds is 6. The third-order valence-electron chi connectivity index (χ3n) is 3.61. The highest BCUT2D eigenvalue weighted by Crippen LogP contribution is 2.19. The van der Waals surface area contributed by atoms with Crippen molar-refractivity contribution < 1.29 is 14.0 Å². The molecule has 0 bridgehead atoms. The van der Waals surface area contributed by atoms with Gasteiger partial charge in [0.25, 0.3) is 0 Å². The summed E-state index contributed by atoms with van der Waals surface area (Å²) in [6.45, 7) is 2.20. The van der Waals surface area contributed by atoms with Crippen molar-refractivity contribution in [1.82, 2.24) is 4.98 Å². The molecule has 0 fully saturated rings. The van der Waals surface area contributed by atoms with E-state index < -0.39 is 0 Å². The van der Waals surface area contributed by atoms with E-state index >= 15 is 0 Å². The van der Waals surface area contributed by atoms with Crippen molar-refractivity contribution in [1.29, 1.82) is 0 Å². The van der Waals surface area contributed by atoms with Gasteiger partial charge in [-0.15, -0.1) is 0 Å². The van der Waals surface area contributed by atoms with E-state index in [-0.39, 0.29) is 12.4 Å². The Morgan fingerprint density at radius 1 is 1.12 bits per heavy atom. The normalized spacial score (nSPS) is 11.4. The second kappa shape index (κ2) is 7.53. The summed E-state index contributed by atoms with van der Waals surface area (Å²) in [5.41, 5.74) is 9.39. The van der Waals surface area contributed by atoms with Crippen molar-refractivity contribution in [3.63, 3.8) is 0 Å². The Morgan fingerprint density at radius 2 is 1.84 bits per heavy atom. The first kappa shape index (κ1) is 16.6. The van der Waals surface area contributed by atoms with Crippen LogP contribution in [0.4, 0.5) is 0 Å². The second-order valence-corrected chi connectivity index (χ2v) is 5.49. The van der Waals surface area contributed by atoms with Crippen molar-refractivity contribution in [3.8, 4) is 17.2 Å². The molecular formula is C19H19N3O3. The highest BCUT2D eigenvalue weighted by atomic mass is 16.6. The van der Waals surface area contributed by atoms with E-state index in [9.17, 15) is 0 Å². The zero-order valence-corrected chi connectivity index (χ0v) is 14.1. The zero-order valence-electron chi connectivity index (χ0n) is 14.1. The Balaban J connectivity index is 1.60. The average Bonchev–Trinajstić information content (AvgIpc) is 3.11. The molecule has 6 heteroatoms. The predicted octanol–water partition coefficient (Wildman–Crippen LogP) is 3.50. The van der Waals surface area contributed by atoms with Crippen LogP contribution in [0.15, 0.2) is 64.4 Å². The van der Waals surface area contributed by atoms with Crippen LogP contribution in [0, 0.1) is 6.92 Å². The SMILES string of the molecule is COc1ccc(/C(N)=N/OCc2coc(-c3ccc(C)cc3)n2)cc1. The van der Waals surface area contributed by atoms with E-state index in [0.717, 1.165) is 16.9 Å². The molecule has 0 unspecified atom stereocenters. The minimum atomic E-state index is 0.173. The molecule has 3 rings (SSSR count). The highest BCUT2D eigenvalue weighted by molar-refractivity contribution is 5.97. The van der Waals surface area contributed by atoms with E-state index in [1.54, 1.807) is 13.4 Å². The van der Waals surface area contributed by atoms with Gasteiger partial charge in [0.2, 0.25) is 5.89 Å². The molecule has 0 amide bonds. The molecule has 3 aromatic rings. The molecular weight excluding hydrogens is 318 g/mol. The molecule has 0 atom stereocenters. The molecule has 0 spiro atoms.